The van der Waals surface area contributed by atoms with Crippen LogP contribution in [0.25, 0.3) is 0 Å². The molecule has 5 heteroatoms. The maximum absolute atomic E-state index is 12.2. The molecule has 0 radical (unpaired) electrons. The van der Waals surface area contributed by atoms with Gasteiger partial charge in [-0.2, -0.15) is 0 Å². The van der Waals surface area contributed by atoms with Crippen LogP contribution in [0.1, 0.15) is 25.3 Å². The first-order chi connectivity index (χ1) is 10.2. The monoisotopic (exact) mass is 289 g/mol. The number of rotatable bonds is 6. The highest BCUT2D eigenvalue weighted by Gasteiger charge is 2.35. The number of benzene rings is 1. The molecule has 0 aliphatic carbocycles. The van der Waals surface area contributed by atoms with Crippen molar-refractivity contribution < 1.29 is 9.59 Å². The smallest absolute Gasteiger partial charge is 0.227 e. The molecular weight excluding hydrogens is 266 g/mol. The first-order valence-corrected chi connectivity index (χ1v) is 7.53. The molecule has 3 N–H and O–H groups in total. The molecule has 5 nitrogen and oxygen atoms in total. The van der Waals surface area contributed by atoms with Crippen LogP contribution >= 0.6 is 0 Å². The number of carbonyl (C=O) groups excluding carboxylic acids is 2. The van der Waals surface area contributed by atoms with E-state index < -0.39 is 0 Å². The number of carbonyl (C=O) groups is 2. The van der Waals surface area contributed by atoms with E-state index in [4.69, 9.17) is 5.73 Å². The number of aryl methyl sites for hydroxylation is 1. The average molecular weight is 289 g/mol. The summed E-state index contributed by atoms with van der Waals surface area (Å²) in [4.78, 5) is 26.0. The first kappa shape index (κ1) is 15.5. The van der Waals surface area contributed by atoms with Crippen LogP contribution in [0.3, 0.4) is 0 Å². The molecule has 1 aliphatic heterocycles. The molecule has 1 atom stereocenters. The van der Waals surface area contributed by atoms with Gasteiger partial charge in [-0.15, -0.1) is 0 Å². The molecule has 1 saturated heterocycles. The van der Waals surface area contributed by atoms with E-state index in [1.165, 1.54) is 0 Å². The van der Waals surface area contributed by atoms with E-state index >= 15 is 0 Å². The summed E-state index contributed by atoms with van der Waals surface area (Å²) in [5, 5.41) is 2.85. The Morgan fingerprint density at radius 3 is 2.90 bits per heavy atom. The molecule has 0 aromatic heterocycles. The Bertz CT molecular complexity index is 516. The second-order valence-corrected chi connectivity index (χ2v) is 5.32. The Balaban J connectivity index is 2.04. The molecule has 2 rings (SSSR count). The summed E-state index contributed by atoms with van der Waals surface area (Å²) >= 11 is 0. The van der Waals surface area contributed by atoms with Gasteiger partial charge in [0.25, 0.3) is 0 Å². The lowest BCUT2D eigenvalue weighted by atomic mass is 10.1. The lowest BCUT2D eigenvalue weighted by molar-refractivity contribution is -0.126. The van der Waals surface area contributed by atoms with Crippen LogP contribution < -0.4 is 16.0 Å². The van der Waals surface area contributed by atoms with Gasteiger partial charge in [0, 0.05) is 25.2 Å². The molecule has 1 heterocycles. The summed E-state index contributed by atoms with van der Waals surface area (Å²) in [7, 11) is 0. The van der Waals surface area contributed by atoms with Crippen LogP contribution in [-0.4, -0.2) is 31.4 Å². The number of nitrogens with two attached hydrogens (primary N) is 1. The molecule has 1 unspecified atom stereocenters. The van der Waals surface area contributed by atoms with E-state index in [0.717, 1.165) is 24.1 Å². The van der Waals surface area contributed by atoms with Gasteiger partial charge in [-0.25, -0.2) is 0 Å². The minimum atomic E-state index is -0.264. The Labute approximate surface area is 125 Å². The highest BCUT2D eigenvalue weighted by Crippen LogP contribution is 2.28. The number of anilines is 1. The minimum Gasteiger partial charge on any atom is -0.356 e. The van der Waals surface area contributed by atoms with Crippen molar-refractivity contribution in [3.63, 3.8) is 0 Å². The molecule has 21 heavy (non-hydrogen) atoms. The summed E-state index contributed by atoms with van der Waals surface area (Å²) in [5.74, 6) is -0.289. The van der Waals surface area contributed by atoms with Crippen molar-refractivity contribution in [2.45, 2.75) is 26.2 Å². The number of nitrogens with zero attached hydrogens (tertiary/aromatic N) is 1. The lowest BCUT2D eigenvalue weighted by Gasteiger charge is -2.19. The second kappa shape index (κ2) is 7.22. The van der Waals surface area contributed by atoms with Crippen molar-refractivity contribution in [3.8, 4) is 0 Å². The third-order valence-electron chi connectivity index (χ3n) is 3.84. The maximum atomic E-state index is 12.2. The van der Waals surface area contributed by atoms with Gasteiger partial charge in [-0.05, 0) is 31.0 Å². The fourth-order valence-electron chi connectivity index (χ4n) is 2.65. The average Bonchev–Trinajstić information content (AvgIpc) is 2.89. The zero-order valence-corrected chi connectivity index (χ0v) is 12.5. The van der Waals surface area contributed by atoms with Gasteiger partial charge in [0.1, 0.15) is 0 Å². The van der Waals surface area contributed by atoms with Gasteiger partial charge in [0.15, 0.2) is 0 Å². The van der Waals surface area contributed by atoms with E-state index in [0.29, 0.717) is 19.6 Å². The molecule has 1 aromatic carbocycles. The SMILES string of the molecule is CCc1ccccc1N1CC(C(=O)NCCCN)CC1=O. The quantitative estimate of drug-likeness (QED) is 0.769. The van der Waals surface area contributed by atoms with E-state index in [-0.39, 0.29) is 24.2 Å². The van der Waals surface area contributed by atoms with Crippen LogP contribution in [0.2, 0.25) is 0 Å². The molecule has 1 aromatic rings. The summed E-state index contributed by atoms with van der Waals surface area (Å²) < 4.78 is 0. The van der Waals surface area contributed by atoms with Gasteiger partial charge in [-0.3, -0.25) is 9.59 Å². The van der Waals surface area contributed by atoms with Gasteiger partial charge in [0.2, 0.25) is 11.8 Å². The fraction of sp³-hybridized carbons (Fsp3) is 0.500. The molecular formula is C16H23N3O2. The van der Waals surface area contributed by atoms with Crippen molar-refractivity contribution in [2.75, 3.05) is 24.5 Å². The highest BCUT2D eigenvalue weighted by molar-refractivity contribution is 6.00. The van der Waals surface area contributed by atoms with Crippen LogP contribution in [-0.2, 0) is 16.0 Å². The predicted octanol–water partition coefficient (Wildman–Crippen LogP) is 1.07. The second-order valence-electron chi connectivity index (χ2n) is 5.32. The molecule has 1 aliphatic rings. The predicted molar refractivity (Wildman–Crippen MR) is 83.0 cm³/mol. The van der Waals surface area contributed by atoms with Crippen molar-refractivity contribution in [2.24, 2.45) is 11.7 Å². The van der Waals surface area contributed by atoms with Crippen LogP contribution in [0, 0.1) is 5.92 Å². The first-order valence-electron chi connectivity index (χ1n) is 7.53. The zero-order chi connectivity index (χ0) is 15.2. The fourth-order valence-corrected chi connectivity index (χ4v) is 2.65. The third-order valence-corrected chi connectivity index (χ3v) is 3.84. The standard InChI is InChI=1S/C16H23N3O2/c1-2-12-6-3-4-7-14(12)19-11-13(10-15(19)20)16(21)18-9-5-8-17/h3-4,6-7,13H,2,5,8-11,17H2,1H3,(H,18,21). The van der Waals surface area contributed by atoms with E-state index in [9.17, 15) is 9.59 Å². The van der Waals surface area contributed by atoms with Gasteiger partial charge in [-0.1, -0.05) is 25.1 Å². The summed E-state index contributed by atoms with van der Waals surface area (Å²) in [6.07, 6.45) is 1.91. The Kier molecular flexibility index (Phi) is 5.33. The normalized spacial score (nSPS) is 18.1. The molecule has 0 bridgehead atoms. The third kappa shape index (κ3) is 3.61. The van der Waals surface area contributed by atoms with Crippen LogP contribution in [0.5, 0.6) is 0 Å². The summed E-state index contributed by atoms with van der Waals surface area (Å²) in [5.41, 5.74) is 7.47. The Morgan fingerprint density at radius 2 is 2.19 bits per heavy atom. The molecule has 0 saturated carbocycles. The minimum absolute atomic E-state index is 0.0230. The van der Waals surface area contributed by atoms with Crippen molar-refractivity contribution >= 4 is 17.5 Å². The van der Waals surface area contributed by atoms with Gasteiger partial charge < -0.3 is 16.0 Å². The van der Waals surface area contributed by atoms with E-state index in [1.807, 2.05) is 24.3 Å². The number of nitrogens with one attached hydrogen (secondary N) is 1. The van der Waals surface area contributed by atoms with Gasteiger partial charge in [0.05, 0.1) is 5.92 Å². The number of hydrogen-bond donors (Lipinski definition) is 2. The van der Waals surface area contributed by atoms with E-state index in [1.54, 1.807) is 4.90 Å². The topological polar surface area (TPSA) is 75.4 Å². The van der Waals surface area contributed by atoms with Crippen molar-refractivity contribution in [1.82, 2.24) is 5.32 Å². The molecule has 0 spiro atoms. The molecule has 1 fully saturated rings. The highest BCUT2D eigenvalue weighted by atomic mass is 16.2. The van der Waals surface area contributed by atoms with Gasteiger partial charge >= 0.3 is 0 Å². The molecule has 114 valence electrons. The lowest BCUT2D eigenvalue weighted by Crippen LogP contribution is -2.34. The summed E-state index contributed by atoms with van der Waals surface area (Å²) in [6.45, 7) is 3.66. The van der Waals surface area contributed by atoms with Crippen LogP contribution in [0.15, 0.2) is 24.3 Å². The van der Waals surface area contributed by atoms with E-state index in [2.05, 4.69) is 12.2 Å². The number of hydrogen-bond acceptors (Lipinski definition) is 3. The number of para-hydroxylation sites is 1. The molecule has 2 amide bonds. The van der Waals surface area contributed by atoms with Crippen LogP contribution in [0.4, 0.5) is 5.69 Å². The van der Waals surface area contributed by atoms with Crippen molar-refractivity contribution in [1.29, 1.82) is 0 Å². The maximum Gasteiger partial charge on any atom is 0.227 e. The Morgan fingerprint density at radius 1 is 1.43 bits per heavy atom. The number of amides is 2. The summed E-state index contributed by atoms with van der Waals surface area (Å²) in [6, 6.07) is 7.87. The zero-order valence-electron chi connectivity index (χ0n) is 12.5. The van der Waals surface area contributed by atoms with Crippen molar-refractivity contribution in [3.05, 3.63) is 29.8 Å². The largest absolute Gasteiger partial charge is 0.356 e. The Hall–Kier alpha value is -1.88.